The lowest BCUT2D eigenvalue weighted by Gasteiger charge is -2.12. The van der Waals surface area contributed by atoms with Crippen molar-refractivity contribution in [2.75, 3.05) is 17.2 Å². The zero-order chi connectivity index (χ0) is 15.2. The third-order valence-electron chi connectivity index (χ3n) is 3.23. The Hall–Kier alpha value is -2.36. The van der Waals surface area contributed by atoms with Gasteiger partial charge in [0.05, 0.1) is 11.3 Å². The number of benzene rings is 2. The van der Waals surface area contributed by atoms with Gasteiger partial charge < -0.3 is 10.6 Å². The molecule has 0 bridgehead atoms. The molecular weight excluding hydrogens is 267 g/mol. The highest BCUT2D eigenvalue weighted by Crippen LogP contribution is 2.21. The Morgan fingerprint density at radius 1 is 1.10 bits per heavy atom. The van der Waals surface area contributed by atoms with Crippen LogP contribution in [-0.4, -0.2) is 12.5 Å². The molecular formula is C17H19FN2O. The summed E-state index contributed by atoms with van der Waals surface area (Å²) in [6.07, 6.45) is 0.947. The molecule has 21 heavy (non-hydrogen) atoms. The minimum absolute atomic E-state index is 0.239. The van der Waals surface area contributed by atoms with E-state index in [4.69, 9.17) is 0 Å². The Bertz CT molecular complexity index is 623. The lowest BCUT2D eigenvalue weighted by Crippen LogP contribution is -2.15. The Morgan fingerprint density at radius 3 is 2.43 bits per heavy atom. The van der Waals surface area contributed by atoms with E-state index in [0.717, 1.165) is 6.42 Å². The highest BCUT2D eigenvalue weighted by atomic mass is 19.1. The zero-order valence-corrected chi connectivity index (χ0v) is 12.2. The average molecular weight is 286 g/mol. The molecule has 2 N–H and O–H groups in total. The van der Waals surface area contributed by atoms with Crippen molar-refractivity contribution < 1.29 is 9.18 Å². The van der Waals surface area contributed by atoms with Crippen molar-refractivity contribution in [3.63, 3.8) is 0 Å². The van der Waals surface area contributed by atoms with Crippen molar-refractivity contribution in [2.24, 2.45) is 0 Å². The standard InChI is InChI=1S/C17H19FN2O/c1-3-12-8-10-13(11-9-12)20-17(21)14-6-5-7-15(18)16(14)19-4-2/h5-11,19H,3-4H2,1-2H3,(H,20,21). The third kappa shape index (κ3) is 3.60. The van der Waals surface area contributed by atoms with E-state index >= 15 is 0 Å². The zero-order valence-electron chi connectivity index (χ0n) is 12.2. The first-order chi connectivity index (χ1) is 10.2. The summed E-state index contributed by atoms with van der Waals surface area (Å²) >= 11 is 0. The molecule has 0 aliphatic rings. The van der Waals surface area contributed by atoms with Crippen molar-refractivity contribution in [1.82, 2.24) is 0 Å². The van der Waals surface area contributed by atoms with Gasteiger partial charge in [0, 0.05) is 12.2 Å². The number of carbonyl (C=O) groups is 1. The molecule has 1 amide bonds. The van der Waals surface area contributed by atoms with Crippen molar-refractivity contribution in [2.45, 2.75) is 20.3 Å². The second kappa shape index (κ2) is 6.88. The Labute approximate surface area is 124 Å². The Balaban J connectivity index is 2.21. The number of para-hydroxylation sites is 1. The molecule has 0 aliphatic carbocycles. The maximum atomic E-state index is 13.8. The summed E-state index contributed by atoms with van der Waals surface area (Å²) in [4.78, 5) is 12.3. The van der Waals surface area contributed by atoms with Crippen molar-refractivity contribution in [3.8, 4) is 0 Å². The smallest absolute Gasteiger partial charge is 0.257 e. The number of aryl methyl sites for hydroxylation is 1. The van der Waals surface area contributed by atoms with Gasteiger partial charge in [-0.2, -0.15) is 0 Å². The number of halogens is 1. The molecule has 0 saturated carbocycles. The van der Waals surface area contributed by atoms with Crippen LogP contribution in [-0.2, 0) is 6.42 Å². The van der Waals surface area contributed by atoms with Crippen LogP contribution >= 0.6 is 0 Å². The largest absolute Gasteiger partial charge is 0.382 e. The van der Waals surface area contributed by atoms with Crippen LogP contribution in [0.3, 0.4) is 0 Å². The van der Waals surface area contributed by atoms with Gasteiger partial charge in [-0.05, 0) is 43.2 Å². The maximum Gasteiger partial charge on any atom is 0.257 e. The van der Waals surface area contributed by atoms with Gasteiger partial charge in [0.2, 0.25) is 0 Å². The molecule has 2 aromatic carbocycles. The van der Waals surface area contributed by atoms with Crippen LogP contribution in [0.4, 0.5) is 15.8 Å². The topological polar surface area (TPSA) is 41.1 Å². The number of nitrogens with one attached hydrogen (secondary N) is 2. The van der Waals surface area contributed by atoms with Gasteiger partial charge in [-0.1, -0.05) is 25.1 Å². The fraction of sp³-hybridized carbons (Fsp3) is 0.235. The summed E-state index contributed by atoms with van der Waals surface area (Å²) in [6.45, 7) is 4.48. The quantitative estimate of drug-likeness (QED) is 0.869. The van der Waals surface area contributed by atoms with Crippen LogP contribution in [0.5, 0.6) is 0 Å². The maximum absolute atomic E-state index is 13.8. The van der Waals surface area contributed by atoms with Crippen LogP contribution in [0.15, 0.2) is 42.5 Å². The van der Waals surface area contributed by atoms with Gasteiger partial charge in [0.25, 0.3) is 5.91 Å². The molecule has 0 aliphatic heterocycles. The Kier molecular flexibility index (Phi) is 4.93. The molecule has 3 nitrogen and oxygen atoms in total. The van der Waals surface area contributed by atoms with E-state index in [2.05, 4.69) is 17.6 Å². The number of amides is 1. The SMILES string of the molecule is CCNc1c(F)cccc1C(=O)Nc1ccc(CC)cc1. The predicted molar refractivity (Wildman–Crippen MR) is 84.3 cm³/mol. The summed E-state index contributed by atoms with van der Waals surface area (Å²) in [5, 5.41) is 5.68. The lowest BCUT2D eigenvalue weighted by atomic mass is 10.1. The number of hydrogen-bond donors (Lipinski definition) is 2. The summed E-state index contributed by atoms with van der Waals surface area (Å²) in [6, 6.07) is 12.1. The van der Waals surface area contributed by atoms with E-state index in [0.29, 0.717) is 17.8 Å². The van der Waals surface area contributed by atoms with E-state index < -0.39 is 5.82 Å². The first-order valence-electron chi connectivity index (χ1n) is 7.08. The molecule has 0 radical (unpaired) electrons. The van der Waals surface area contributed by atoms with E-state index in [-0.39, 0.29) is 11.6 Å². The Morgan fingerprint density at radius 2 is 1.81 bits per heavy atom. The summed E-state index contributed by atoms with van der Waals surface area (Å²) < 4.78 is 13.8. The van der Waals surface area contributed by atoms with E-state index in [1.807, 2.05) is 31.2 Å². The van der Waals surface area contributed by atoms with Gasteiger partial charge in [-0.15, -0.1) is 0 Å². The van der Waals surface area contributed by atoms with Crippen LogP contribution in [0.2, 0.25) is 0 Å². The van der Waals surface area contributed by atoms with Gasteiger partial charge in [0.1, 0.15) is 5.82 Å². The second-order valence-corrected chi connectivity index (χ2v) is 4.70. The predicted octanol–water partition coefficient (Wildman–Crippen LogP) is 4.07. The molecule has 0 fully saturated rings. The fourth-order valence-electron chi connectivity index (χ4n) is 2.09. The molecule has 0 unspecified atom stereocenters. The molecule has 0 spiro atoms. The van der Waals surface area contributed by atoms with Crippen LogP contribution in [0, 0.1) is 5.82 Å². The summed E-state index contributed by atoms with van der Waals surface area (Å²) in [5.74, 6) is -0.750. The molecule has 0 heterocycles. The molecule has 4 heteroatoms. The first-order valence-corrected chi connectivity index (χ1v) is 7.08. The number of hydrogen-bond acceptors (Lipinski definition) is 2. The van der Waals surface area contributed by atoms with Crippen molar-refractivity contribution in [3.05, 3.63) is 59.4 Å². The van der Waals surface area contributed by atoms with Crippen molar-refractivity contribution in [1.29, 1.82) is 0 Å². The fourth-order valence-corrected chi connectivity index (χ4v) is 2.09. The highest BCUT2D eigenvalue weighted by molar-refractivity contribution is 6.08. The number of carbonyl (C=O) groups excluding carboxylic acids is 1. The first kappa shape index (κ1) is 15.0. The monoisotopic (exact) mass is 286 g/mol. The molecule has 0 atom stereocenters. The van der Waals surface area contributed by atoms with Crippen LogP contribution in [0.25, 0.3) is 0 Å². The van der Waals surface area contributed by atoms with Crippen molar-refractivity contribution >= 4 is 17.3 Å². The normalized spacial score (nSPS) is 10.2. The third-order valence-corrected chi connectivity index (χ3v) is 3.23. The minimum atomic E-state index is -0.425. The minimum Gasteiger partial charge on any atom is -0.382 e. The highest BCUT2D eigenvalue weighted by Gasteiger charge is 2.14. The van der Waals surface area contributed by atoms with Crippen LogP contribution in [0.1, 0.15) is 29.8 Å². The second-order valence-electron chi connectivity index (χ2n) is 4.70. The molecule has 0 saturated heterocycles. The van der Waals surface area contributed by atoms with Gasteiger partial charge in [-0.25, -0.2) is 4.39 Å². The summed E-state index contributed by atoms with van der Waals surface area (Å²) in [5.41, 5.74) is 2.44. The van der Waals surface area contributed by atoms with Gasteiger partial charge in [0.15, 0.2) is 0 Å². The van der Waals surface area contributed by atoms with Crippen LogP contribution < -0.4 is 10.6 Å². The number of rotatable bonds is 5. The lowest BCUT2D eigenvalue weighted by molar-refractivity contribution is 0.102. The summed E-state index contributed by atoms with van der Waals surface area (Å²) in [7, 11) is 0. The van der Waals surface area contributed by atoms with E-state index in [1.54, 1.807) is 6.07 Å². The molecule has 0 aromatic heterocycles. The van der Waals surface area contributed by atoms with Gasteiger partial charge in [-0.3, -0.25) is 4.79 Å². The molecule has 2 rings (SSSR count). The molecule has 110 valence electrons. The average Bonchev–Trinajstić information content (AvgIpc) is 2.50. The van der Waals surface area contributed by atoms with E-state index in [9.17, 15) is 9.18 Å². The van der Waals surface area contributed by atoms with Gasteiger partial charge >= 0.3 is 0 Å². The van der Waals surface area contributed by atoms with E-state index in [1.165, 1.54) is 17.7 Å². The number of anilines is 2. The molecule has 2 aromatic rings.